The molecule has 0 aliphatic carbocycles. The van der Waals surface area contributed by atoms with Crippen LogP contribution in [-0.4, -0.2) is 16.5 Å². The molecule has 0 saturated heterocycles. The van der Waals surface area contributed by atoms with Crippen molar-refractivity contribution >= 4 is 16.7 Å². The van der Waals surface area contributed by atoms with Gasteiger partial charge in [0.2, 0.25) is 0 Å². The van der Waals surface area contributed by atoms with Crippen LogP contribution in [0.4, 0.5) is 10.1 Å². The van der Waals surface area contributed by atoms with E-state index >= 15 is 0 Å². The molecule has 0 unspecified atom stereocenters. The SMILES string of the molecule is CCN(Cc1nc2ccc(F)cc2[nH]1)c1ccccc1. The maximum absolute atomic E-state index is 13.2. The maximum Gasteiger partial charge on any atom is 0.126 e. The molecule has 0 amide bonds. The van der Waals surface area contributed by atoms with E-state index in [1.54, 1.807) is 6.07 Å². The summed E-state index contributed by atoms with van der Waals surface area (Å²) in [7, 11) is 0. The third kappa shape index (κ3) is 2.50. The van der Waals surface area contributed by atoms with E-state index in [0.717, 1.165) is 29.1 Å². The van der Waals surface area contributed by atoms with Crippen molar-refractivity contribution in [2.24, 2.45) is 0 Å². The fraction of sp³-hybridized carbons (Fsp3) is 0.188. The number of imidazole rings is 1. The van der Waals surface area contributed by atoms with Gasteiger partial charge in [-0.15, -0.1) is 0 Å². The summed E-state index contributed by atoms with van der Waals surface area (Å²) < 4.78 is 13.2. The Balaban J connectivity index is 1.87. The van der Waals surface area contributed by atoms with Crippen LogP contribution in [0.2, 0.25) is 0 Å². The van der Waals surface area contributed by atoms with Crippen LogP contribution in [0.5, 0.6) is 0 Å². The first kappa shape index (κ1) is 12.7. The van der Waals surface area contributed by atoms with Gasteiger partial charge in [0.05, 0.1) is 17.6 Å². The second-order valence-corrected chi connectivity index (χ2v) is 4.69. The molecule has 0 aliphatic rings. The second kappa shape index (κ2) is 5.33. The van der Waals surface area contributed by atoms with E-state index in [1.807, 2.05) is 18.2 Å². The van der Waals surface area contributed by atoms with Gasteiger partial charge in [-0.1, -0.05) is 18.2 Å². The normalized spacial score (nSPS) is 10.9. The summed E-state index contributed by atoms with van der Waals surface area (Å²) in [6.07, 6.45) is 0. The number of para-hydroxylation sites is 1. The number of halogens is 1. The zero-order valence-electron chi connectivity index (χ0n) is 11.3. The number of hydrogen-bond donors (Lipinski definition) is 1. The smallest absolute Gasteiger partial charge is 0.126 e. The molecule has 3 rings (SSSR count). The van der Waals surface area contributed by atoms with Crippen LogP contribution in [0, 0.1) is 5.82 Å². The number of hydrogen-bond acceptors (Lipinski definition) is 2. The molecular formula is C16H16FN3. The summed E-state index contributed by atoms with van der Waals surface area (Å²) in [5, 5.41) is 0. The quantitative estimate of drug-likeness (QED) is 0.782. The van der Waals surface area contributed by atoms with Gasteiger partial charge in [-0.3, -0.25) is 0 Å². The van der Waals surface area contributed by atoms with Crippen LogP contribution in [0.25, 0.3) is 11.0 Å². The van der Waals surface area contributed by atoms with Crippen molar-refractivity contribution < 1.29 is 4.39 Å². The minimum absolute atomic E-state index is 0.247. The van der Waals surface area contributed by atoms with E-state index < -0.39 is 0 Å². The van der Waals surface area contributed by atoms with Crippen LogP contribution in [0.15, 0.2) is 48.5 Å². The molecule has 0 aliphatic heterocycles. The number of benzene rings is 2. The Morgan fingerprint density at radius 2 is 1.95 bits per heavy atom. The van der Waals surface area contributed by atoms with Crippen molar-refractivity contribution in [3.05, 3.63) is 60.2 Å². The number of H-pyrrole nitrogens is 1. The number of anilines is 1. The molecule has 4 heteroatoms. The Hall–Kier alpha value is -2.36. The van der Waals surface area contributed by atoms with Gasteiger partial charge in [0, 0.05) is 12.2 Å². The number of rotatable bonds is 4. The highest BCUT2D eigenvalue weighted by Gasteiger charge is 2.09. The lowest BCUT2D eigenvalue weighted by molar-refractivity contribution is 0.629. The predicted molar refractivity (Wildman–Crippen MR) is 79.2 cm³/mol. The van der Waals surface area contributed by atoms with Crippen molar-refractivity contribution in [2.75, 3.05) is 11.4 Å². The van der Waals surface area contributed by atoms with E-state index in [9.17, 15) is 4.39 Å². The van der Waals surface area contributed by atoms with Gasteiger partial charge >= 0.3 is 0 Å². The van der Waals surface area contributed by atoms with Crippen molar-refractivity contribution in [3.8, 4) is 0 Å². The van der Waals surface area contributed by atoms with Crippen molar-refractivity contribution in [3.63, 3.8) is 0 Å². The number of fused-ring (bicyclic) bond motifs is 1. The molecular weight excluding hydrogens is 253 g/mol. The van der Waals surface area contributed by atoms with E-state index in [0.29, 0.717) is 6.54 Å². The summed E-state index contributed by atoms with van der Waals surface area (Å²) in [6.45, 7) is 3.67. The van der Waals surface area contributed by atoms with Gasteiger partial charge in [-0.2, -0.15) is 0 Å². The lowest BCUT2D eigenvalue weighted by atomic mass is 10.3. The van der Waals surface area contributed by atoms with Crippen LogP contribution in [-0.2, 0) is 6.54 Å². The Morgan fingerprint density at radius 1 is 1.15 bits per heavy atom. The van der Waals surface area contributed by atoms with Gasteiger partial charge in [0.15, 0.2) is 0 Å². The van der Waals surface area contributed by atoms with Crippen LogP contribution < -0.4 is 4.90 Å². The van der Waals surface area contributed by atoms with Gasteiger partial charge in [0.1, 0.15) is 11.6 Å². The van der Waals surface area contributed by atoms with Crippen LogP contribution in [0.1, 0.15) is 12.7 Å². The van der Waals surface area contributed by atoms with E-state index in [1.165, 1.54) is 12.1 Å². The van der Waals surface area contributed by atoms with E-state index in [-0.39, 0.29) is 5.82 Å². The number of aromatic nitrogens is 2. The number of nitrogens with zero attached hydrogens (tertiary/aromatic N) is 2. The molecule has 0 fully saturated rings. The van der Waals surface area contributed by atoms with Crippen LogP contribution in [0.3, 0.4) is 0 Å². The van der Waals surface area contributed by atoms with Gasteiger partial charge in [0.25, 0.3) is 0 Å². The first-order chi connectivity index (χ1) is 9.76. The lowest BCUT2D eigenvalue weighted by Gasteiger charge is -2.21. The molecule has 2 aromatic carbocycles. The third-order valence-corrected chi connectivity index (χ3v) is 3.34. The van der Waals surface area contributed by atoms with Crippen molar-refractivity contribution in [2.45, 2.75) is 13.5 Å². The molecule has 0 atom stereocenters. The minimum Gasteiger partial charge on any atom is -0.364 e. The summed E-state index contributed by atoms with van der Waals surface area (Å²) in [4.78, 5) is 9.90. The maximum atomic E-state index is 13.2. The molecule has 0 radical (unpaired) electrons. The fourth-order valence-corrected chi connectivity index (χ4v) is 2.31. The fourth-order valence-electron chi connectivity index (χ4n) is 2.31. The number of nitrogens with one attached hydrogen (secondary N) is 1. The minimum atomic E-state index is -0.247. The molecule has 0 spiro atoms. The second-order valence-electron chi connectivity index (χ2n) is 4.69. The molecule has 20 heavy (non-hydrogen) atoms. The Labute approximate surface area is 117 Å². The molecule has 102 valence electrons. The van der Waals surface area contributed by atoms with Crippen molar-refractivity contribution in [1.82, 2.24) is 9.97 Å². The first-order valence-electron chi connectivity index (χ1n) is 6.70. The van der Waals surface area contributed by atoms with Gasteiger partial charge in [-0.05, 0) is 37.3 Å². The molecule has 0 bridgehead atoms. The molecule has 3 aromatic rings. The van der Waals surface area contributed by atoms with Crippen molar-refractivity contribution in [1.29, 1.82) is 0 Å². The Bertz CT molecular complexity index is 706. The van der Waals surface area contributed by atoms with E-state index in [2.05, 4.69) is 33.9 Å². The summed E-state index contributed by atoms with van der Waals surface area (Å²) in [5.74, 6) is 0.597. The average Bonchev–Trinajstić information content (AvgIpc) is 2.87. The molecule has 1 N–H and O–H groups in total. The summed E-state index contributed by atoms with van der Waals surface area (Å²) in [5.41, 5.74) is 2.69. The van der Waals surface area contributed by atoms with Crippen LogP contribution >= 0.6 is 0 Å². The summed E-state index contributed by atoms with van der Waals surface area (Å²) in [6, 6.07) is 14.8. The molecule has 1 aromatic heterocycles. The highest BCUT2D eigenvalue weighted by atomic mass is 19.1. The standard InChI is InChI=1S/C16H16FN3/c1-2-20(13-6-4-3-5-7-13)11-16-18-14-9-8-12(17)10-15(14)19-16/h3-10H,2,11H2,1H3,(H,18,19). The van der Waals surface area contributed by atoms with Gasteiger partial charge in [-0.25, -0.2) is 9.37 Å². The molecule has 0 saturated carbocycles. The summed E-state index contributed by atoms with van der Waals surface area (Å²) >= 11 is 0. The highest BCUT2D eigenvalue weighted by Crippen LogP contribution is 2.18. The van der Waals surface area contributed by atoms with Gasteiger partial charge < -0.3 is 9.88 Å². The number of aromatic amines is 1. The zero-order chi connectivity index (χ0) is 13.9. The monoisotopic (exact) mass is 269 g/mol. The topological polar surface area (TPSA) is 31.9 Å². The highest BCUT2D eigenvalue weighted by molar-refractivity contribution is 5.75. The van der Waals surface area contributed by atoms with E-state index in [4.69, 9.17) is 0 Å². The molecule has 3 nitrogen and oxygen atoms in total. The third-order valence-electron chi connectivity index (χ3n) is 3.34. The average molecular weight is 269 g/mol. The largest absolute Gasteiger partial charge is 0.364 e. The first-order valence-corrected chi connectivity index (χ1v) is 6.70. The predicted octanol–water partition coefficient (Wildman–Crippen LogP) is 3.73. The zero-order valence-corrected chi connectivity index (χ0v) is 11.3. The lowest BCUT2D eigenvalue weighted by Crippen LogP contribution is -2.22. The Kier molecular flexibility index (Phi) is 3.37. The Morgan fingerprint density at radius 3 is 2.70 bits per heavy atom. The molecule has 1 heterocycles.